The molecule has 0 fully saturated rings. The Morgan fingerprint density at radius 3 is 2.86 bits per heavy atom. The lowest BCUT2D eigenvalue weighted by atomic mass is 10.0. The molecule has 106 valence electrons. The Hall–Kier alpha value is -2.56. The van der Waals surface area contributed by atoms with Crippen molar-refractivity contribution in [1.29, 1.82) is 0 Å². The van der Waals surface area contributed by atoms with E-state index in [9.17, 15) is 0 Å². The van der Waals surface area contributed by atoms with Gasteiger partial charge in [-0.15, -0.1) is 0 Å². The van der Waals surface area contributed by atoms with Gasteiger partial charge in [-0.25, -0.2) is 4.98 Å². The standard InChI is InChI=1S/C16H17N5/c17-15-14-11-8-9-21(10-4-2-1-3-5-10)13(11)7-6-12(14)19-16(18)20-15/h2,4,6-10H,1,3,5H2,(H4,17,18,19,20). The molecule has 5 heteroatoms. The highest BCUT2D eigenvalue weighted by atomic mass is 15.0. The van der Waals surface area contributed by atoms with Gasteiger partial charge in [-0.2, -0.15) is 4.98 Å². The zero-order chi connectivity index (χ0) is 14.4. The van der Waals surface area contributed by atoms with E-state index in [4.69, 9.17) is 11.5 Å². The maximum atomic E-state index is 6.06. The molecular weight excluding hydrogens is 262 g/mol. The van der Waals surface area contributed by atoms with Crippen LogP contribution >= 0.6 is 0 Å². The minimum atomic E-state index is 0.217. The monoisotopic (exact) mass is 279 g/mol. The third kappa shape index (κ3) is 1.85. The Morgan fingerprint density at radius 1 is 1.14 bits per heavy atom. The summed E-state index contributed by atoms with van der Waals surface area (Å²) in [6.45, 7) is 0. The Bertz CT molecular complexity index is 862. The fourth-order valence-electron chi connectivity index (χ4n) is 3.23. The van der Waals surface area contributed by atoms with Crippen LogP contribution in [0, 0.1) is 0 Å². The number of benzene rings is 1. The number of aromatic nitrogens is 3. The van der Waals surface area contributed by atoms with Gasteiger partial charge >= 0.3 is 0 Å². The number of rotatable bonds is 1. The van der Waals surface area contributed by atoms with Crippen LogP contribution in [-0.4, -0.2) is 14.5 Å². The van der Waals surface area contributed by atoms with Crippen molar-refractivity contribution in [2.24, 2.45) is 0 Å². The van der Waals surface area contributed by atoms with Crippen LogP contribution in [0.1, 0.15) is 25.3 Å². The van der Waals surface area contributed by atoms with Gasteiger partial charge in [-0.3, -0.25) is 0 Å². The van der Waals surface area contributed by atoms with Crippen molar-refractivity contribution < 1.29 is 0 Å². The number of hydrogen-bond acceptors (Lipinski definition) is 4. The average molecular weight is 279 g/mol. The molecule has 21 heavy (non-hydrogen) atoms. The molecule has 3 aromatic rings. The van der Waals surface area contributed by atoms with E-state index in [0.29, 0.717) is 11.9 Å². The van der Waals surface area contributed by atoms with Gasteiger partial charge in [0, 0.05) is 17.1 Å². The third-order valence-corrected chi connectivity index (χ3v) is 4.19. The van der Waals surface area contributed by atoms with Crippen LogP contribution in [-0.2, 0) is 0 Å². The van der Waals surface area contributed by atoms with Gasteiger partial charge in [-0.05, 0) is 37.5 Å². The highest BCUT2D eigenvalue weighted by Gasteiger charge is 2.15. The molecule has 4 rings (SSSR count). The second-order valence-corrected chi connectivity index (χ2v) is 5.51. The number of nitrogens with zero attached hydrogens (tertiary/aromatic N) is 3. The van der Waals surface area contributed by atoms with Crippen molar-refractivity contribution in [2.75, 3.05) is 11.5 Å². The molecule has 1 atom stereocenters. The highest BCUT2D eigenvalue weighted by molar-refractivity contribution is 6.10. The first kappa shape index (κ1) is 12.2. The lowest BCUT2D eigenvalue weighted by molar-refractivity contribution is 0.531. The number of fused-ring (bicyclic) bond motifs is 3. The van der Waals surface area contributed by atoms with Gasteiger partial charge in [0.2, 0.25) is 5.95 Å². The van der Waals surface area contributed by atoms with E-state index in [1.807, 2.05) is 6.07 Å². The molecule has 4 N–H and O–H groups in total. The molecule has 0 radical (unpaired) electrons. The number of hydrogen-bond donors (Lipinski definition) is 2. The van der Waals surface area contributed by atoms with Gasteiger partial charge in [-0.1, -0.05) is 12.2 Å². The van der Waals surface area contributed by atoms with Gasteiger partial charge in [0.25, 0.3) is 0 Å². The summed E-state index contributed by atoms with van der Waals surface area (Å²) in [7, 11) is 0. The van der Waals surface area contributed by atoms with E-state index in [-0.39, 0.29) is 5.95 Å². The normalized spacial score (nSPS) is 18.6. The smallest absolute Gasteiger partial charge is 0.222 e. The fourth-order valence-corrected chi connectivity index (χ4v) is 3.23. The molecule has 0 saturated heterocycles. The van der Waals surface area contributed by atoms with Crippen LogP contribution < -0.4 is 11.5 Å². The summed E-state index contributed by atoms with van der Waals surface area (Å²) in [4.78, 5) is 8.37. The van der Waals surface area contributed by atoms with Crippen molar-refractivity contribution in [1.82, 2.24) is 14.5 Å². The van der Waals surface area contributed by atoms with E-state index in [0.717, 1.165) is 16.3 Å². The van der Waals surface area contributed by atoms with Crippen LogP contribution in [0.5, 0.6) is 0 Å². The van der Waals surface area contributed by atoms with E-state index in [1.165, 1.54) is 24.8 Å². The third-order valence-electron chi connectivity index (χ3n) is 4.19. The summed E-state index contributed by atoms with van der Waals surface area (Å²) in [5, 5.41) is 1.98. The Balaban J connectivity index is 1.99. The molecule has 2 heterocycles. The molecule has 1 unspecified atom stereocenters. The van der Waals surface area contributed by atoms with Gasteiger partial charge in [0.1, 0.15) is 5.82 Å². The summed E-state index contributed by atoms with van der Waals surface area (Å²) < 4.78 is 2.31. The Labute approximate surface area is 122 Å². The van der Waals surface area contributed by atoms with Crippen molar-refractivity contribution >= 4 is 33.6 Å². The van der Waals surface area contributed by atoms with E-state index < -0.39 is 0 Å². The van der Waals surface area contributed by atoms with Gasteiger partial charge in [0.05, 0.1) is 16.9 Å². The predicted molar refractivity (Wildman–Crippen MR) is 85.9 cm³/mol. The zero-order valence-electron chi connectivity index (χ0n) is 11.7. The van der Waals surface area contributed by atoms with Crippen molar-refractivity contribution in [3.05, 3.63) is 36.5 Å². The minimum absolute atomic E-state index is 0.217. The molecule has 0 amide bonds. The van der Waals surface area contributed by atoms with Crippen LogP contribution in [0.15, 0.2) is 36.5 Å². The van der Waals surface area contributed by atoms with Crippen LogP contribution in [0.4, 0.5) is 11.8 Å². The zero-order valence-corrected chi connectivity index (χ0v) is 11.7. The quantitative estimate of drug-likeness (QED) is 0.671. The molecule has 2 aromatic heterocycles. The number of nitrogens with two attached hydrogens (primary N) is 2. The summed E-state index contributed by atoms with van der Waals surface area (Å²) in [6.07, 6.45) is 10.3. The molecule has 1 aliphatic carbocycles. The minimum Gasteiger partial charge on any atom is -0.383 e. The van der Waals surface area contributed by atoms with Crippen molar-refractivity contribution in [3.63, 3.8) is 0 Å². The number of allylic oxidation sites excluding steroid dienone is 2. The first-order valence-corrected chi connectivity index (χ1v) is 7.23. The fraction of sp³-hybridized carbons (Fsp3) is 0.250. The highest BCUT2D eigenvalue weighted by Crippen LogP contribution is 2.33. The largest absolute Gasteiger partial charge is 0.383 e. The van der Waals surface area contributed by atoms with Crippen molar-refractivity contribution in [3.8, 4) is 0 Å². The average Bonchev–Trinajstić information content (AvgIpc) is 2.91. The SMILES string of the molecule is Nc1nc(N)c2c(ccc3c2ccn3C2C=CCCC2)n1. The second kappa shape index (κ2) is 4.48. The van der Waals surface area contributed by atoms with Crippen LogP contribution in [0.25, 0.3) is 21.8 Å². The van der Waals surface area contributed by atoms with E-state index >= 15 is 0 Å². The summed E-state index contributed by atoms with van der Waals surface area (Å²) in [5.41, 5.74) is 13.7. The predicted octanol–water partition coefficient (Wildman–Crippen LogP) is 3.03. The molecule has 1 aromatic carbocycles. The topological polar surface area (TPSA) is 82.7 Å². The van der Waals surface area contributed by atoms with E-state index in [1.54, 1.807) is 0 Å². The maximum absolute atomic E-state index is 6.06. The molecule has 1 aliphatic rings. The van der Waals surface area contributed by atoms with Crippen LogP contribution in [0.3, 0.4) is 0 Å². The number of nitrogen functional groups attached to an aromatic ring is 2. The van der Waals surface area contributed by atoms with E-state index in [2.05, 4.69) is 45.0 Å². The summed E-state index contributed by atoms with van der Waals surface area (Å²) in [5.74, 6) is 0.661. The Kier molecular flexibility index (Phi) is 2.60. The lowest BCUT2D eigenvalue weighted by Gasteiger charge is -2.19. The van der Waals surface area contributed by atoms with Crippen molar-refractivity contribution in [2.45, 2.75) is 25.3 Å². The molecule has 0 saturated carbocycles. The van der Waals surface area contributed by atoms with Crippen LogP contribution in [0.2, 0.25) is 0 Å². The first-order valence-electron chi connectivity index (χ1n) is 7.23. The molecule has 0 bridgehead atoms. The Morgan fingerprint density at radius 2 is 2.05 bits per heavy atom. The number of anilines is 2. The molecule has 0 spiro atoms. The summed E-state index contributed by atoms with van der Waals surface area (Å²) >= 11 is 0. The lowest BCUT2D eigenvalue weighted by Crippen LogP contribution is -2.07. The molecule has 5 nitrogen and oxygen atoms in total. The molecular formula is C16H17N5. The first-order chi connectivity index (χ1) is 10.2. The molecule has 0 aliphatic heterocycles. The van der Waals surface area contributed by atoms with Gasteiger partial charge in [0.15, 0.2) is 0 Å². The maximum Gasteiger partial charge on any atom is 0.222 e. The van der Waals surface area contributed by atoms with Gasteiger partial charge < -0.3 is 16.0 Å². The second-order valence-electron chi connectivity index (χ2n) is 5.51. The summed E-state index contributed by atoms with van der Waals surface area (Å²) in [6, 6.07) is 6.57.